The van der Waals surface area contributed by atoms with E-state index in [-0.39, 0.29) is 22.6 Å². The summed E-state index contributed by atoms with van der Waals surface area (Å²) in [4.78, 5) is 24.4. The van der Waals surface area contributed by atoms with Crippen LogP contribution in [0.3, 0.4) is 0 Å². The Kier molecular flexibility index (Phi) is 5.95. The number of aryl methyl sites for hydroxylation is 1. The predicted octanol–water partition coefficient (Wildman–Crippen LogP) is 5.76. The van der Waals surface area contributed by atoms with Gasteiger partial charge in [0.2, 0.25) is 0 Å². The largest absolute Gasteiger partial charge is 0.490 e. The van der Waals surface area contributed by atoms with Crippen LogP contribution in [0.5, 0.6) is 5.75 Å². The molecule has 176 valence electrons. The average Bonchev–Trinajstić information content (AvgIpc) is 3.07. The molecule has 0 N–H and O–H groups in total. The minimum atomic E-state index is -0.828. The van der Waals surface area contributed by atoms with Crippen LogP contribution in [0.1, 0.15) is 30.4 Å². The van der Waals surface area contributed by atoms with Gasteiger partial charge >= 0.3 is 0 Å². The van der Waals surface area contributed by atoms with Crippen LogP contribution in [0.2, 0.25) is 0 Å². The number of anilines is 2. The van der Waals surface area contributed by atoms with E-state index in [0.717, 1.165) is 12.0 Å². The zero-order chi connectivity index (χ0) is 24.6. The second-order valence-electron chi connectivity index (χ2n) is 8.79. The number of amides is 1. The van der Waals surface area contributed by atoms with Crippen molar-refractivity contribution in [3.63, 3.8) is 0 Å². The molecule has 1 aliphatic heterocycles. The van der Waals surface area contributed by atoms with Gasteiger partial charge in [0.15, 0.2) is 16.7 Å². The summed E-state index contributed by atoms with van der Waals surface area (Å²) in [7, 11) is 0. The van der Waals surface area contributed by atoms with E-state index >= 15 is 4.39 Å². The second-order valence-corrected chi connectivity index (χ2v) is 9.15. The Balaban J connectivity index is 1.40. The zero-order valence-corrected chi connectivity index (χ0v) is 20.0. The maximum Gasteiger partial charge on any atom is 0.272 e. The Hall–Kier alpha value is -3.83. The molecule has 8 heteroatoms. The number of thiocarbonyl (C=S) groups is 1. The molecule has 1 saturated carbocycles. The van der Waals surface area contributed by atoms with Crippen molar-refractivity contribution in [3.05, 3.63) is 89.2 Å². The molecule has 2 heterocycles. The average molecular weight is 487 g/mol. The van der Waals surface area contributed by atoms with E-state index in [4.69, 9.17) is 23.5 Å². The number of hydrogen-bond donors (Lipinski definition) is 0. The molecule has 1 aliphatic carbocycles. The first kappa shape index (κ1) is 22.9. The SMILES string of the molecule is [C-]#[N+]c1ncc(N2C(=O)C3(CCC3)N(c3ccc(OCCc4ccccc4)c(F)c3)C2=S)cc1C. The van der Waals surface area contributed by atoms with Gasteiger partial charge in [-0.15, -0.1) is 4.98 Å². The van der Waals surface area contributed by atoms with E-state index in [1.165, 1.54) is 17.2 Å². The Morgan fingerprint density at radius 3 is 2.57 bits per heavy atom. The summed E-state index contributed by atoms with van der Waals surface area (Å²) in [6.07, 6.45) is 4.31. The maximum absolute atomic E-state index is 15.1. The number of ether oxygens (including phenoxy) is 1. The first-order valence-electron chi connectivity index (χ1n) is 11.4. The Labute approximate surface area is 208 Å². The molecule has 1 amide bonds. The highest BCUT2D eigenvalue weighted by Crippen LogP contribution is 2.48. The lowest BCUT2D eigenvalue weighted by molar-refractivity contribution is -0.123. The van der Waals surface area contributed by atoms with Crippen molar-refractivity contribution in [1.82, 2.24) is 4.98 Å². The maximum atomic E-state index is 15.1. The van der Waals surface area contributed by atoms with Gasteiger partial charge < -0.3 is 14.5 Å². The van der Waals surface area contributed by atoms with Crippen molar-refractivity contribution in [1.29, 1.82) is 0 Å². The van der Waals surface area contributed by atoms with Gasteiger partial charge in [-0.2, -0.15) is 0 Å². The van der Waals surface area contributed by atoms with Gasteiger partial charge in [-0.25, -0.2) is 4.39 Å². The highest BCUT2D eigenvalue weighted by atomic mass is 32.1. The molecule has 35 heavy (non-hydrogen) atoms. The third-order valence-corrected chi connectivity index (χ3v) is 7.02. The van der Waals surface area contributed by atoms with Crippen LogP contribution in [-0.4, -0.2) is 28.1 Å². The molecule has 5 rings (SSSR count). The molecular weight excluding hydrogens is 463 g/mol. The van der Waals surface area contributed by atoms with Crippen molar-refractivity contribution in [2.75, 3.05) is 16.4 Å². The van der Waals surface area contributed by atoms with Crippen LogP contribution in [0.15, 0.2) is 60.8 Å². The molecule has 0 radical (unpaired) electrons. The molecule has 2 fully saturated rings. The second kappa shape index (κ2) is 9.08. The highest BCUT2D eigenvalue weighted by Gasteiger charge is 2.59. The summed E-state index contributed by atoms with van der Waals surface area (Å²) in [6.45, 7) is 9.34. The minimum absolute atomic E-state index is 0.144. The minimum Gasteiger partial charge on any atom is -0.490 e. The van der Waals surface area contributed by atoms with Gasteiger partial charge in [0, 0.05) is 18.2 Å². The molecule has 2 aliphatic rings. The van der Waals surface area contributed by atoms with Crippen LogP contribution in [0.4, 0.5) is 21.6 Å². The van der Waals surface area contributed by atoms with Crippen LogP contribution in [0.25, 0.3) is 4.85 Å². The van der Waals surface area contributed by atoms with E-state index < -0.39 is 11.4 Å². The molecule has 0 unspecified atom stereocenters. The van der Waals surface area contributed by atoms with E-state index in [2.05, 4.69) is 9.83 Å². The predicted molar refractivity (Wildman–Crippen MR) is 136 cm³/mol. The monoisotopic (exact) mass is 486 g/mol. The van der Waals surface area contributed by atoms with Crippen molar-refractivity contribution < 1.29 is 13.9 Å². The number of hydrogen-bond acceptors (Lipinski definition) is 4. The van der Waals surface area contributed by atoms with Gasteiger partial charge in [-0.3, -0.25) is 9.69 Å². The number of rotatable bonds is 6. The summed E-state index contributed by atoms with van der Waals surface area (Å²) in [5.74, 6) is -0.201. The summed E-state index contributed by atoms with van der Waals surface area (Å²) >= 11 is 5.75. The number of pyridine rings is 1. The Morgan fingerprint density at radius 2 is 1.94 bits per heavy atom. The smallest absolute Gasteiger partial charge is 0.272 e. The lowest BCUT2D eigenvalue weighted by Crippen LogP contribution is -2.55. The molecule has 6 nitrogen and oxygen atoms in total. The van der Waals surface area contributed by atoms with Crippen LogP contribution >= 0.6 is 12.2 Å². The van der Waals surface area contributed by atoms with Gasteiger partial charge in [0.05, 0.1) is 12.3 Å². The lowest BCUT2D eigenvalue weighted by Gasteiger charge is -2.43. The van der Waals surface area contributed by atoms with Crippen molar-refractivity contribution >= 4 is 40.4 Å². The molecule has 1 saturated heterocycles. The third-order valence-electron chi connectivity index (χ3n) is 6.66. The summed E-state index contributed by atoms with van der Waals surface area (Å²) in [6, 6.07) is 16.3. The quantitative estimate of drug-likeness (QED) is 0.327. The van der Waals surface area contributed by atoms with Gasteiger partial charge in [0.25, 0.3) is 11.7 Å². The lowest BCUT2D eigenvalue weighted by atomic mass is 9.75. The van der Waals surface area contributed by atoms with Gasteiger partial charge in [-0.05, 0) is 67.7 Å². The fraction of sp³-hybridized carbons (Fsp3) is 0.259. The van der Waals surface area contributed by atoms with E-state index in [1.54, 1.807) is 30.0 Å². The molecule has 1 aromatic heterocycles. The molecule has 1 spiro atoms. The van der Waals surface area contributed by atoms with Gasteiger partial charge in [0.1, 0.15) is 11.7 Å². The van der Waals surface area contributed by atoms with Crippen molar-refractivity contribution in [3.8, 4) is 5.75 Å². The number of carbonyl (C=O) groups is 1. The molecule has 0 bridgehead atoms. The van der Waals surface area contributed by atoms with Gasteiger partial charge in [-0.1, -0.05) is 36.9 Å². The molecule has 3 aromatic rings. The fourth-order valence-corrected chi connectivity index (χ4v) is 5.14. The standard InChI is InChI=1S/C27H23FN4O2S/c1-18-15-21(17-30-24(18)29-2)31-25(33)27(12-6-13-27)32(26(31)35)20-9-10-23(22(28)16-20)34-14-11-19-7-4-3-5-8-19/h3-5,7-10,15-17H,6,11-14H2,1H3. The Morgan fingerprint density at radius 1 is 1.17 bits per heavy atom. The number of halogens is 1. The molecule has 2 aromatic carbocycles. The number of carbonyl (C=O) groups excluding carboxylic acids is 1. The van der Waals surface area contributed by atoms with Crippen LogP contribution in [0, 0.1) is 19.3 Å². The Bertz CT molecular complexity index is 1350. The number of aromatic nitrogens is 1. The highest BCUT2D eigenvalue weighted by molar-refractivity contribution is 7.81. The van der Waals surface area contributed by atoms with E-state index in [0.29, 0.717) is 42.8 Å². The third kappa shape index (κ3) is 3.92. The van der Waals surface area contributed by atoms with E-state index in [1.807, 2.05) is 30.3 Å². The fourth-order valence-electron chi connectivity index (χ4n) is 4.67. The molecule has 0 atom stereocenters. The number of benzene rings is 2. The topological polar surface area (TPSA) is 50.0 Å². The summed E-state index contributed by atoms with van der Waals surface area (Å²) in [5.41, 5.74) is 1.98. The molecular formula is C27H23FN4O2S. The van der Waals surface area contributed by atoms with Crippen LogP contribution < -0.4 is 14.5 Å². The van der Waals surface area contributed by atoms with Crippen LogP contribution in [-0.2, 0) is 11.2 Å². The van der Waals surface area contributed by atoms with Crippen molar-refractivity contribution in [2.45, 2.75) is 38.1 Å². The first-order chi connectivity index (χ1) is 16.9. The summed E-state index contributed by atoms with van der Waals surface area (Å²) in [5, 5.41) is 0.281. The normalized spacial score (nSPS) is 16.4. The summed E-state index contributed by atoms with van der Waals surface area (Å²) < 4.78 is 20.7. The van der Waals surface area contributed by atoms with Crippen molar-refractivity contribution in [2.24, 2.45) is 0 Å². The zero-order valence-electron chi connectivity index (χ0n) is 19.2. The number of nitrogens with zero attached hydrogens (tertiary/aromatic N) is 4. The van der Waals surface area contributed by atoms with E-state index in [9.17, 15) is 4.79 Å². The first-order valence-corrected chi connectivity index (χ1v) is 11.8.